The zero-order valence-electron chi connectivity index (χ0n) is 7.21. The molecule has 0 fully saturated rings. The van der Waals surface area contributed by atoms with Gasteiger partial charge in [0.15, 0.2) is 0 Å². The van der Waals surface area contributed by atoms with Crippen molar-refractivity contribution in [3.63, 3.8) is 0 Å². The fourth-order valence-corrected chi connectivity index (χ4v) is 1.03. The van der Waals surface area contributed by atoms with E-state index in [0.717, 1.165) is 25.7 Å². The molecule has 0 atom stereocenters. The van der Waals surface area contributed by atoms with Crippen molar-refractivity contribution in [2.45, 2.75) is 32.6 Å². The molecule has 0 bridgehead atoms. The summed E-state index contributed by atoms with van der Waals surface area (Å²) in [7, 11) is 0. The topological polar surface area (TPSA) is 58.6 Å². The van der Waals surface area contributed by atoms with Gasteiger partial charge < -0.3 is 0 Å². The SMILES string of the molecule is CCCCCc1n[nH]ncc1=O. The monoisotopic (exact) mass is 167 g/mol. The highest BCUT2D eigenvalue weighted by molar-refractivity contribution is 4.96. The molecule has 4 heteroatoms. The van der Waals surface area contributed by atoms with Crippen molar-refractivity contribution in [1.29, 1.82) is 0 Å². The van der Waals surface area contributed by atoms with E-state index < -0.39 is 0 Å². The zero-order chi connectivity index (χ0) is 8.81. The first-order valence-corrected chi connectivity index (χ1v) is 4.23. The molecule has 0 amide bonds. The molecule has 0 aliphatic carbocycles. The highest BCUT2D eigenvalue weighted by Crippen LogP contribution is 1.98. The average molecular weight is 167 g/mol. The molecule has 1 heterocycles. The average Bonchev–Trinajstić information content (AvgIpc) is 2.09. The van der Waals surface area contributed by atoms with Crippen molar-refractivity contribution in [3.05, 3.63) is 22.1 Å². The smallest absolute Gasteiger partial charge is 0.221 e. The van der Waals surface area contributed by atoms with Gasteiger partial charge in [-0.3, -0.25) is 4.79 Å². The van der Waals surface area contributed by atoms with E-state index in [4.69, 9.17) is 0 Å². The molecule has 1 rings (SSSR count). The van der Waals surface area contributed by atoms with E-state index in [1.54, 1.807) is 0 Å². The van der Waals surface area contributed by atoms with Crippen LogP contribution in [0.1, 0.15) is 31.9 Å². The van der Waals surface area contributed by atoms with E-state index in [1.807, 2.05) is 0 Å². The first-order chi connectivity index (χ1) is 5.84. The van der Waals surface area contributed by atoms with E-state index >= 15 is 0 Å². The van der Waals surface area contributed by atoms with Crippen molar-refractivity contribution in [2.75, 3.05) is 0 Å². The van der Waals surface area contributed by atoms with Crippen LogP contribution in [0.2, 0.25) is 0 Å². The van der Waals surface area contributed by atoms with Crippen LogP contribution < -0.4 is 5.43 Å². The molecule has 0 aliphatic rings. The largest absolute Gasteiger partial charge is 0.286 e. The van der Waals surface area contributed by atoms with Crippen LogP contribution in [0, 0.1) is 0 Å². The predicted molar refractivity (Wildman–Crippen MR) is 45.9 cm³/mol. The van der Waals surface area contributed by atoms with Crippen LogP contribution in [0.4, 0.5) is 0 Å². The maximum absolute atomic E-state index is 11.1. The Morgan fingerprint density at radius 1 is 1.50 bits per heavy atom. The summed E-state index contributed by atoms with van der Waals surface area (Å²) < 4.78 is 0. The number of hydrogen-bond acceptors (Lipinski definition) is 3. The third-order valence-corrected chi connectivity index (χ3v) is 1.73. The van der Waals surface area contributed by atoms with Crippen LogP contribution in [0.25, 0.3) is 0 Å². The minimum absolute atomic E-state index is 0.0650. The Balaban J connectivity index is 2.52. The molecule has 0 unspecified atom stereocenters. The highest BCUT2D eigenvalue weighted by Gasteiger charge is 1.98. The van der Waals surface area contributed by atoms with Gasteiger partial charge >= 0.3 is 0 Å². The Bertz CT molecular complexity index is 282. The summed E-state index contributed by atoms with van der Waals surface area (Å²) >= 11 is 0. The predicted octanol–water partition coefficient (Wildman–Crippen LogP) is 0.898. The first-order valence-electron chi connectivity index (χ1n) is 4.23. The van der Waals surface area contributed by atoms with Gasteiger partial charge in [0, 0.05) is 0 Å². The molecule has 0 aromatic carbocycles. The van der Waals surface area contributed by atoms with Gasteiger partial charge in [0.05, 0.1) is 6.20 Å². The maximum atomic E-state index is 11.1. The molecule has 12 heavy (non-hydrogen) atoms. The molecule has 4 nitrogen and oxygen atoms in total. The van der Waals surface area contributed by atoms with E-state index in [9.17, 15) is 4.79 Å². The molecular formula is C8H13N3O. The number of H-pyrrole nitrogens is 1. The van der Waals surface area contributed by atoms with Crippen molar-refractivity contribution < 1.29 is 0 Å². The second kappa shape index (κ2) is 4.64. The van der Waals surface area contributed by atoms with Crippen LogP contribution in [0.3, 0.4) is 0 Å². The fraction of sp³-hybridized carbons (Fsp3) is 0.625. The number of aryl methyl sites for hydroxylation is 1. The molecule has 1 aromatic heterocycles. The molecular weight excluding hydrogens is 154 g/mol. The normalized spacial score (nSPS) is 10.1. The van der Waals surface area contributed by atoms with E-state index in [0.29, 0.717) is 5.69 Å². The number of unbranched alkanes of at least 4 members (excludes halogenated alkanes) is 2. The highest BCUT2D eigenvalue weighted by atomic mass is 16.1. The second-order valence-electron chi connectivity index (χ2n) is 2.74. The van der Waals surface area contributed by atoms with Gasteiger partial charge in [-0.15, -0.1) is 0 Å². The van der Waals surface area contributed by atoms with Crippen molar-refractivity contribution in [3.8, 4) is 0 Å². The van der Waals surface area contributed by atoms with Gasteiger partial charge in [-0.1, -0.05) is 19.8 Å². The summed E-state index contributed by atoms with van der Waals surface area (Å²) in [5.74, 6) is 0. The van der Waals surface area contributed by atoms with Gasteiger partial charge in [-0.05, 0) is 12.8 Å². The third kappa shape index (κ3) is 2.45. The summed E-state index contributed by atoms with van der Waals surface area (Å²) in [4.78, 5) is 11.1. The van der Waals surface area contributed by atoms with Crippen molar-refractivity contribution in [2.24, 2.45) is 0 Å². The first kappa shape index (κ1) is 8.90. The van der Waals surface area contributed by atoms with Gasteiger partial charge in [0.2, 0.25) is 5.43 Å². The van der Waals surface area contributed by atoms with Gasteiger partial charge in [-0.25, -0.2) is 0 Å². The van der Waals surface area contributed by atoms with Crippen LogP contribution in [-0.2, 0) is 6.42 Å². The quantitative estimate of drug-likeness (QED) is 0.678. The maximum Gasteiger partial charge on any atom is 0.221 e. The number of hydrogen-bond donors (Lipinski definition) is 1. The lowest BCUT2D eigenvalue weighted by atomic mass is 10.1. The standard InChI is InChI=1S/C8H13N3O/c1-2-3-4-5-7-8(12)6-9-11-10-7/h6H,2-5H2,1H3,(H,11,12). The Hall–Kier alpha value is -1.19. The van der Waals surface area contributed by atoms with Gasteiger partial charge in [0.25, 0.3) is 0 Å². The van der Waals surface area contributed by atoms with Gasteiger partial charge in [-0.2, -0.15) is 15.4 Å². The fourth-order valence-electron chi connectivity index (χ4n) is 1.03. The molecule has 1 aromatic rings. The van der Waals surface area contributed by atoms with E-state index in [2.05, 4.69) is 22.3 Å². The Morgan fingerprint density at radius 2 is 2.33 bits per heavy atom. The number of aromatic nitrogens is 3. The molecule has 0 aliphatic heterocycles. The lowest BCUT2D eigenvalue weighted by Gasteiger charge is -1.95. The summed E-state index contributed by atoms with van der Waals surface area (Å²) in [6, 6.07) is 0. The molecule has 66 valence electrons. The summed E-state index contributed by atoms with van der Waals surface area (Å²) in [5.41, 5.74) is 0.531. The Morgan fingerprint density at radius 3 is 3.00 bits per heavy atom. The minimum Gasteiger partial charge on any atom is -0.286 e. The van der Waals surface area contributed by atoms with Crippen molar-refractivity contribution in [1.82, 2.24) is 15.4 Å². The lowest BCUT2D eigenvalue weighted by Crippen LogP contribution is -2.12. The van der Waals surface area contributed by atoms with Crippen LogP contribution in [0.15, 0.2) is 11.0 Å². The Kier molecular flexibility index (Phi) is 3.44. The molecule has 1 N–H and O–H groups in total. The van der Waals surface area contributed by atoms with E-state index in [-0.39, 0.29) is 5.43 Å². The number of nitrogens with zero attached hydrogens (tertiary/aromatic N) is 2. The van der Waals surface area contributed by atoms with Crippen LogP contribution in [-0.4, -0.2) is 15.4 Å². The van der Waals surface area contributed by atoms with Crippen LogP contribution >= 0.6 is 0 Å². The molecule has 0 spiro atoms. The third-order valence-electron chi connectivity index (χ3n) is 1.73. The minimum atomic E-state index is -0.0650. The number of rotatable bonds is 4. The van der Waals surface area contributed by atoms with Crippen LogP contribution in [0.5, 0.6) is 0 Å². The Labute approximate surface area is 71.0 Å². The number of nitrogens with one attached hydrogen (secondary N) is 1. The zero-order valence-corrected chi connectivity index (χ0v) is 7.21. The molecule has 0 saturated carbocycles. The summed E-state index contributed by atoms with van der Waals surface area (Å²) in [5, 5.41) is 9.75. The van der Waals surface area contributed by atoms with Gasteiger partial charge in [0.1, 0.15) is 5.69 Å². The number of aromatic amines is 1. The molecule has 0 saturated heterocycles. The molecule has 0 radical (unpaired) electrons. The summed E-state index contributed by atoms with van der Waals surface area (Å²) in [6.07, 6.45) is 5.35. The van der Waals surface area contributed by atoms with E-state index in [1.165, 1.54) is 6.20 Å². The van der Waals surface area contributed by atoms with Crippen molar-refractivity contribution >= 4 is 0 Å². The lowest BCUT2D eigenvalue weighted by molar-refractivity contribution is 0.683. The second-order valence-corrected chi connectivity index (χ2v) is 2.74. The summed E-state index contributed by atoms with van der Waals surface area (Å²) in [6.45, 7) is 2.13.